The number of hydrogen-bond donors (Lipinski definition) is 1. The molecule has 1 unspecified atom stereocenters. The van der Waals surface area contributed by atoms with Gasteiger partial charge in [0.1, 0.15) is 0 Å². The van der Waals surface area contributed by atoms with Crippen LogP contribution in [0.5, 0.6) is 0 Å². The fourth-order valence-electron chi connectivity index (χ4n) is 2.08. The van der Waals surface area contributed by atoms with Gasteiger partial charge in [-0.15, -0.1) is 0 Å². The van der Waals surface area contributed by atoms with Crippen molar-refractivity contribution in [3.63, 3.8) is 0 Å². The zero-order chi connectivity index (χ0) is 12.2. The lowest BCUT2D eigenvalue weighted by Gasteiger charge is -2.26. The van der Waals surface area contributed by atoms with E-state index in [4.69, 9.17) is 5.73 Å². The van der Waals surface area contributed by atoms with Crippen molar-refractivity contribution in [2.75, 3.05) is 31.6 Å². The number of nitrogens with two attached hydrogens (primary N) is 1. The molecule has 1 saturated carbocycles. The van der Waals surface area contributed by atoms with Crippen molar-refractivity contribution in [1.29, 1.82) is 0 Å². The van der Waals surface area contributed by atoms with Gasteiger partial charge < -0.3 is 10.6 Å². The molecule has 0 bridgehead atoms. The van der Waals surface area contributed by atoms with Crippen LogP contribution in [0.1, 0.15) is 26.2 Å². The number of nitrogens with zero attached hydrogens (tertiary/aromatic N) is 1. The van der Waals surface area contributed by atoms with Crippen molar-refractivity contribution in [2.45, 2.75) is 32.2 Å². The van der Waals surface area contributed by atoms with Gasteiger partial charge in [0.05, 0.1) is 5.75 Å². The molecular weight excluding hydrogens is 224 g/mol. The fourth-order valence-corrected chi connectivity index (χ4v) is 3.47. The van der Waals surface area contributed by atoms with Gasteiger partial charge in [-0.1, -0.05) is 6.92 Å². The molecule has 2 N–H and O–H groups in total. The molecule has 1 fully saturated rings. The molecule has 0 saturated heterocycles. The van der Waals surface area contributed by atoms with Crippen LogP contribution in [0.3, 0.4) is 0 Å². The highest BCUT2D eigenvalue weighted by Crippen LogP contribution is 2.34. The molecule has 1 rings (SSSR count). The smallest absolute Gasteiger partial charge is 0.151 e. The highest BCUT2D eigenvalue weighted by Gasteiger charge is 2.32. The van der Waals surface area contributed by atoms with Crippen molar-refractivity contribution in [1.82, 2.24) is 4.90 Å². The number of sulfone groups is 1. The molecule has 1 atom stereocenters. The van der Waals surface area contributed by atoms with Gasteiger partial charge in [-0.25, -0.2) is 8.42 Å². The maximum absolute atomic E-state index is 11.6. The summed E-state index contributed by atoms with van der Waals surface area (Å²) in [5, 5.41) is 0. The van der Waals surface area contributed by atoms with Gasteiger partial charge in [0.2, 0.25) is 0 Å². The zero-order valence-corrected chi connectivity index (χ0v) is 11.2. The maximum atomic E-state index is 11.6. The second-order valence-electron chi connectivity index (χ2n) is 4.77. The van der Waals surface area contributed by atoms with Crippen molar-refractivity contribution >= 4 is 9.84 Å². The van der Waals surface area contributed by atoms with Crippen LogP contribution in [0.15, 0.2) is 0 Å². The molecule has 0 aromatic heterocycles. The first-order valence-corrected chi connectivity index (χ1v) is 7.93. The van der Waals surface area contributed by atoms with Crippen molar-refractivity contribution in [3.8, 4) is 0 Å². The summed E-state index contributed by atoms with van der Waals surface area (Å²) in [6, 6.07) is 0.372. The number of hydrogen-bond acceptors (Lipinski definition) is 4. The molecule has 0 aliphatic heterocycles. The Bertz CT molecular complexity index is 299. The summed E-state index contributed by atoms with van der Waals surface area (Å²) in [6.07, 6.45) is 3.19. The topological polar surface area (TPSA) is 63.4 Å². The Hall–Kier alpha value is -0.130. The van der Waals surface area contributed by atoms with Gasteiger partial charge in [0.15, 0.2) is 9.84 Å². The summed E-state index contributed by atoms with van der Waals surface area (Å²) in [7, 11) is -0.873. The predicted octanol–water partition coefficient (Wildman–Crippen LogP) is 0.480. The van der Waals surface area contributed by atoms with Gasteiger partial charge in [-0.2, -0.15) is 0 Å². The molecule has 0 aromatic carbocycles. The monoisotopic (exact) mass is 248 g/mol. The third-order valence-electron chi connectivity index (χ3n) is 3.24. The van der Waals surface area contributed by atoms with E-state index in [0.717, 1.165) is 0 Å². The van der Waals surface area contributed by atoms with Crippen LogP contribution in [0.25, 0.3) is 0 Å². The van der Waals surface area contributed by atoms with Crippen LogP contribution >= 0.6 is 0 Å². The average molecular weight is 248 g/mol. The molecule has 1 aliphatic rings. The predicted molar refractivity (Wildman–Crippen MR) is 67.1 cm³/mol. The lowest BCUT2D eigenvalue weighted by molar-refractivity contribution is 0.235. The first-order chi connectivity index (χ1) is 7.50. The summed E-state index contributed by atoms with van der Waals surface area (Å²) in [5.41, 5.74) is 5.72. The second-order valence-corrected chi connectivity index (χ2v) is 7.08. The SMILES string of the molecule is CCCS(=O)(=O)CCN(C)C(CN)C1CC1. The molecule has 5 heteroatoms. The Morgan fingerprint density at radius 2 is 2.00 bits per heavy atom. The number of rotatable bonds is 8. The molecular formula is C11H24N2O2S. The highest BCUT2D eigenvalue weighted by atomic mass is 32.2. The van der Waals surface area contributed by atoms with Gasteiger partial charge >= 0.3 is 0 Å². The van der Waals surface area contributed by atoms with Crippen LogP contribution < -0.4 is 5.73 Å². The minimum atomic E-state index is -2.86. The zero-order valence-electron chi connectivity index (χ0n) is 10.4. The van der Waals surface area contributed by atoms with E-state index in [2.05, 4.69) is 4.90 Å². The van der Waals surface area contributed by atoms with Crippen LogP contribution in [0, 0.1) is 5.92 Å². The van der Waals surface area contributed by atoms with Crippen LogP contribution in [0.2, 0.25) is 0 Å². The highest BCUT2D eigenvalue weighted by molar-refractivity contribution is 7.91. The lowest BCUT2D eigenvalue weighted by Crippen LogP contribution is -2.42. The standard InChI is InChI=1S/C11H24N2O2S/c1-3-7-16(14,15)8-6-13(2)11(9-12)10-4-5-10/h10-11H,3-9,12H2,1-2H3. The molecule has 0 radical (unpaired) electrons. The van der Waals surface area contributed by atoms with E-state index in [1.807, 2.05) is 14.0 Å². The summed E-state index contributed by atoms with van der Waals surface area (Å²) in [6.45, 7) is 3.14. The van der Waals surface area contributed by atoms with Crippen molar-refractivity contribution in [3.05, 3.63) is 0 Å². The minimum absolute atomic E-state index is 0.264. The molecule has 0 spiro atoms. The average Bonchev–Trinajstić information content (AvgIpc) is 3.00. The van der Waals surface area contributed by atoms with E-state index in [0.29, 0.717) is 37.2 Å². The Balaban J connectivity index is 2.35. The van der Waals surface area contributed by atoms with Crippen molar-refractivity contribution < 1.29 is 8.42 Å². The number of likely N-dealkylation sites (N-methyl/N-ethyl adjacent to an activating group) is 1. The summed E-state index contributed by atoms with van der Waals surface area (Å²) < 4.78 is 23.1. The molecule has 1 aliphatic carbocycles. The molecule has 0 amide bonds. The molecule has 4 nitrogen and oxygen atoms in total. The van der Waals surface area contributed by atoms with Gasteiger partial charge in [0.25, 0.3) is 0 Å². The molecule has 0 heterocycles. The second kappa shape index (κ2) is 5.98. The van der Waals surface area contributed by atoms with E-state index < -0.39 is 9.84 Å². The van der Waals surface area contributed by atoms with Crippen molar-refractivity contribution in [2.24, 2.45) is 11.7 Å². The maximum Gasteiger partial charge on any atom is 0.151 e. The van der Waals surface area contributed by atoms with Gasteiger partial charge in [-0.05, 0) is 32.2 Å². The van der Waals surface area contributed by atoms with Crippen LogP contribution in [-0.4, -0.2) is 51.0 Å². The Kier molecular flexibility index (Phi) is 5.21. The Morgan fingerprint density at radius 3 is 2.44 bits per heavy atom. The first kappa shape index (κ1) is 13.9. The summed E-state index contributed by atoms with van der Waals surface area (Å²) in [5.74, 6) is 1.27. The van der Waals surface area contributed by atoms with Gasteiger partial charge in [0, 0.05) is 24.9 Å². The fraction of sp³-hybridized carbons (Fsp3) is 1.00. The lowest BCUT2D eigenvalue weighted by atomic mass is 10.1. The van der Waals surface area contributed by atoms with E-state index in [9.17, 15) is 8.42 Å². The molecule has 16 heavy (non-hydrogen) atoms. The Labute approximate surface area is 99.1 Å². The van der Waals surface area contributed by atoms with Crippen LogP contribution in [-0.2, 0) is 9.84 Å². The van der Waals surface area contributed by atoms with E-state index in [1.54, 1.807) is 0 Å². The summed E-state index contributed by atoms with van der Waals surface area (Å²) in [4.78, 5) is 2.12. The van der Waals surface area contributed by atoms with E-state index in [1.165, 1.54) is 12.8 Å². The quantitative estimate of drug-likeness (QED) is 0.678. The molecule has 0 aromatic rings. The third kappa shape index (κ3) is 4.39. The third-order valence-corrected chi connectivity index (χ3v) is 5.08. The van der Waals surface area contributed by atoms with E-state index >= 15 is 0 Å². The first-order valence-electron chi connectivity index (χ1n) is 6.11. The Morgan fingerprint density at radius 1 is 1.38 bits per heavy atom. The minimum Gasteiger partial charge on any atom is -0.329 e. The normalized spacial score (nSPS) is 19.0. The molecule has 96 valence electrons. The van der Waals surface area contributed by atoms with E-state index in [-0.39, 0.29) is 5.75 Å². The van der Waals surface area contributed by atoms with Gasteiger partial charge in [-0.3, -0.25) is 0 Å². The largest absolute Gasteiger partial charge is 0.329 e. The summed E-state index contributed by atoms with van der Waals surface area (Å²) >= 11 is 0. The van der Waals surface area contributed by atoms with Crippen LogP contribution in [0.4, 0.5) is 0 Å².